The molecule has 1 aliphatic rings. The van der Waals surface area contributed by atoms with Gasteiger partial charge in [0, 0.05) is 11.6 Å². The highest BCUT2D eigenvalue weighted by molar-refractivity contribution is 6.09. The molecule has 0 saturated carbocycles. The van der Waals surface area contributed by atoms with Crippen molar-refractivity contribution in [3.05, 3.63) is 53.1 Å². The van der Waals surface area contributed by atoms with Crippen molar-refractivity contribution >= 4 is 17.8 Å². The van der Waals surface area contributed by atoms with Crippen LogP contribution in [0.5, 0.6) is 23.0 Å². The molecule has 2 aromatic rings. The molecule has 0 spiro atoms. The zero-order valence-corrected chi connectivity index (χ0v) is 13.2. The van der Waals surface area contributed by atoms with Crippen LogP contribution >= 0.6 is 0 Å². The van der Waals surface area contributed by atoms with Crippen LogP contribution in [0.3, 0.4) is 0 Å². The van der Waals surface area contributed by atoms with Crippen molar-refractivity contribution in [3.8, 4) is 23.0 Å². The number of methoxy groups -OCH3 is 1. The van der Waals surface area contributed by atoms with Crippen LogP contribution in [0.4, 0.5) is 0 Å². The van der Waals surface area contributed by atoms with Crippen LogP contribution in [-0.4, -0.2) is 35.9 Å². The SMILES string of the molecule is COc1ccc(C(=O)/C=C/c2c(C(=O)O)ccc3c2OCO3)c(O)c1. The van der Waals surface area contributed by atoms with E-state index in [1.165, 1.54) is 43.5 Å². The summed E-state index contributed by atoms with van der Waals surface area (Å²) in [5.74, 6) is -0.791. The molecule has 7 nitrogen and oxygen atoms in total. The van der Waals surface area contributed by atoms with Crippen molar-refractivity contribution in [1.82, 2.24) is 0 Å². The molecule has 3 rings (SSSR count). The summed E-state index contributed by atoms with van der Waals surface area (Å²) >= 11 is 0. The van der Waals surface area contributed by atoms with Crippen LogP contribution in [0, 0.1) is 0 Å². The van der Waals surface area contributed by atoms with Gasteiger partial charge in [-0.2, -0.15) is 0 Å². The number of phenolic OH excluding ortho intramolecular Hbond substituents is 1. The fraction of sp³-hybridized carbons (Fsp3) is 0.111. The molecular weight excluding hydrogens is 328 g/mol. The minimum absolute atomic E-state index is 0.0211. The van der Waals surface area contributed by atoms with E-state index in [2.05, 4.69) is 0 Å². The van der Waals surface area contributed by atoms with Gasteiger partial charge < -0.3 is 24.4 Å². The number of ether oxygens (including phenoxy) is 3. The van der Waals surface area contributed by atoms with Crippen molar-refractivity contribution < 1.29 is 34.0 Å². The number of aromatic hydroxyl groups is 1. The average molecular weight is 342 g/mol. The molecule has 0 saturated heterocycles. The lowest BCUT2D eigenvalue weighted by atomic mass is 10.0. The molecule has 0 fully saturated rings. The Morgan fingerprint density at radius 2 is 1.92 bits per heavy atom. The summed E-state index contributed by atoms with van der Waals surface area (Å²) in [5.41, 5.74) is 0.273. The molecule has 7 heteroatoms. The van der Waals surface area contributed by atoms with Crippen molar-refractivity contribution in [1.29, 1.82) is 0 Å². The molecule has 1 aliphatic heterocycles. The second-order valence-corrected chi connectivity index (χ2v) is 5.15. The molecule has 2 aromatic carbocycles. The Bertz CT molecular complexity index is 883. The third-order valence-electron chi connectivity index (χ3n) is 3.68. The van der Waals surface area contributed by atoms with Crippen LogP contribution in [-0.2, 0) is 0 Å². The van der Waals surface area contributed by atoms with E-state index in [9.17, 15) is 19.8 Å². The molecule has 2 N–H and O–H groups in total. The monoisotopic (exact) mass is 342 g/mol. The predicted molar refractivity (Wildman–Crippen MR) is 87.5 cm³/mol. The smallest absolute Gasteiger partial charge is 0.336 e. The lowest BCUT2D eigenvalue weighted by molar-refractivity contribution is 0.0696. The number of phenols is 1. The fourth-order valence-corrected chi connectivity index (χ4v) is 2.44. The molecule has 0 aliphatic carbocycles. The largest absolute Gasteiger partial charge is 0.507 e. The Kier molecular flexibility index (Phi) is 4.30. The number of hydrogen-bond acceptors (Lipinski definition) is 6. The summed E-state index contributed by atoms with van der Waals surface area (Å²) in [6.07, 6.45) is 2.51. The first kappa shape index (κ1) is 16.4. The number of fused-ring (bicyclic) bond motifs is 1. The summed E-state index contributed by atoms with van der Waals surface area (Å²) in [5, 5.41) is 19.2. The second-order valence-electron chi connectivity index (χ2n) is 5.15. The lowest BCUT2D eigenvalue weighted by Crippen LogP contribution is -2.01. The number of ketones is 1. The van der Waals surface area contributed by atoms with Crippen molar-refractivity contribution in [2.45, 2.75) is 0 Å². The molecule has 0 atom stereocenters. The number of rotatable bonds is 5. The first-order valence-electron chi connectivity index (χ1n) is 7.26. The van der Waals surface area contributed by atoms with Gasteiger partial charge >= 0.3 is 5.97 Å². The number of hydrogen-bond donors (Lipinski definition) is 2. The van der Waals surface area contributed by atoms with E-state index in [1.807, 2.05) is 0 Å². The fourth-order valence-electron chi connectivity index (χ4n) is 2.44. The summed E-state index contributed by atoms with van der Waals surface area (Å²) in [4.78, 5) is 23.7. The second kappa shape index (κ2) is 6.56. The number of carboxylic acid groups (broad SMARTS) is 1. The first-order chi connectivity index (χ1) is 12.0. The van der Waals surface area contributed by atoms with E-state index >= 15 is 0 Å². The Balaban J connectivity index is 1.96. The number of allylic oxidation sites excluding steroid dienone is 1. The Morgan fingerprint density at radius 1 is 1.16 bits per heavy atom. The van der Waals surface area contributed by atoms with Crippen LogP contribution < -0.4 is 14.2 Å². The maximum atomic E-state index is 12.3. The van der Waals surface area contributed by atoms with E-state index in [4.69, 9.17) is 14.2 Å². The average Bonchev–Trinajstić information content (AvgIpc) is 3.07. The molecule has 0 amide bonds. The van der Waals surface area contributed by atoms with Gasteiger partial charge in [0.2, 0.25) is 6.79 Å². The minimum atomic E-state index is -1.15. The number of carbonyl (C=O) groups is 2. The van der Waals surface area contributed by atoms with Crippen molar-refractivity contribution in [2.75, 3.05) is 13.9 Å². The van der Waals surface area contributed by atoms with Crippen LogP contribution in [0.15, 0.2) is 36.4 Å². The van der Waals surface area contributed by atoms with Crippen LogP contribution in [0.25, 0.3) is 6.08 Å². The van der Waals surface area contributed by atoms with Gasteiger partial charge in [-0.3, -0.25) is 4.79 Å². The number of benzene rings is 2. The summed E-state index contributed by atoms with van der Waals surface area (Å²) < 4.78 is 15.5. The van der Waals surface area contributed by atoms with Crippen LogP contribution in [0.1, 0.15) is 26.3 Å². The van der Waals surface area contributed by atoms with Crippen LogP contribution in [0.2, 0.25) is 0 Å². The molecule has 0 unspecified atom stereocenters. The van der Waals surface area contributed by atoms with E-state index in [0.717, 1.165) is 0 Å². The van der Waals surface area contributed by atoms with E-state index in [0.29, 0.717) is 11.5 Å². The highest BCUT2D eigenvalue weighted by atomic mass is 16.7. The standard InChI is InChI=1S/C18H14O7/c1-23-10-2-3-13(15(20)8-10)14(19)6-4-11-12(18(21)22)5-7-16-17(11)25-9-24-16/h2-8,20H,9H2,1H3,(H,21,22)/b6-4+. The van der Waals surface area contributed by atoms with Crippen molar-refractivity contribution in [2.24, 2.45) is 0 Å². The topological polar surface area (TPSA) is 102 Å². The third-order valence-corrected chi connectivity index (χ3v) is 3.68. The van der Waals surface area contributed by atoms with Gasteiger partial charge in [-0.25, -0.2) is 4.79 Å². The quantitative estimate of drug-likeness (QED) is 0.636. The molecule has 0 aromatic heterocycles. The van der Waals surface area contributed by atoms with E-state index < -0.39 is 11.8 Å². The van der Waals surface area contributed by atoms with Crippen molar-refractivity contribution in [3.63, 3.8) is 0 Å². The number of carbonyl (C=O) groups excluding carboxylic acids is 1. The van der Waals surface area contributed by atoms with E-state index in [-0.39, 0.29) is 35.0 Å². The number of aromatic carboxylic acids is 1. The third kappa shape index (κ3) is 3.12. The lowest BCUT2D eigenvalue weighted by Gasteiger charge is -2.06. The normalized spacial score (nSPS) is 12.4. The first-order valence-corrected chi connectivity index (χ1v) is 7.26. The van der Waals surface area contributed by atoms with Gasteiger partial charge in [0.15, 0.2) is 17.3 Å². The van der Waals surface area contributed by atoms with Gasteiger partial charge in [-0.1, -0.05) is 0 Å². The van der Waals surface area contributed by atoms with Gasteiger partial charge in [0.1, 0.15) is 11.5 Å². The highest BCUT2D eigenvalue weighted by Gasteiger charge is 2.22. The van der Waals surface area contributed by atoms with E-state index in [1.54, 1.807) is 6.07 Å². The number of carboxylic acids is 1. The molecule has 0 radical (unpaired) electrons. The molecule has 25 heavy (non-hydrogen) atoms. The Labute approximate surface area is 142 Å². The van der Waals surface area contributed by atoms with Gasteiger partial charge in [-0.15, -0.1) is 0 Å². The summed E-state index contributed by atoms with van der Waals surface area (Å²) in [6.45, 7) is -0.0214. The maximum absolute atomic E-state index is 12.3. The highest BCUT2D eigenvalue weighted by Crippen LogP contribution is 2.38. The zero-order valence-electron chi connectivity index (χ0n) is 13.2. The Morgan fingerprint density at radius 3 is 2.60 bits per heavy atom. The zero-order chi connectivity index (χ0) is 18.0. The molecule has 0 bridgehead atoms. The summed E-state index contributed by atoms with van der Waals surface area (Å²) in [7, 11) is 1.45. The van der Waals surface area contributed by atoms with Gasteiger partial charge in [0.25, 0.3) is 0 Å². The molecular formula is C18H14O7. The summed E-state index contributed by atoms with van der Waals surface area (Å²) in [6, 6.07) is 7.17. The molecule has 128 valence electrons. The minimum Gasteiger partial charge on any atom is -0.507 e. The molecule has 1 heterocycles. The Hall–Kier alpha value is -3.48. The van der Waals surface area contributed by atoms with Gasteiger partial charge in [0.05, 0.1) is 18.2 Å². The van der Waals surface area contributed by atoms with Gasteiger partial charge in [-0.05, 0) is 36.4 Å². The maximum Gasteiger partial charge on any atom is 0.336 e. The predicted octanol–water partition coefficient (Wildman–Crippen LogP) is 2.72.